The first kappa shape index (κ1) is 15.4. The lowest BCUT2D eigenvalue weighted by atomic mass is 9.75. The molecule has 0 aromatic heterocycles. The maximum absolute atomic E-state index is 2.46. The van der Waals surface area contributed by atoms with Crippen molar-refractivity contribution in [3.8, 4) is 0 Å². The van der Waals surface area contributed by atoms with Crippen LogP contribution in [0.1, 0.15) is 52.7 Å². The van der Waals surface area contributed by atoms with E-state index in [1.165, 1.54) is 43.4 Å². The van der Waals surface area contributed by atoms with E-state index < -0.39 is 0 Å². The fourth-order valence-electron chi connectivity index (χ4n) is 4.07. The fourth-order valence-corrected chi connectivity index (χ4v) is 4.07. The number of hydrogen-bond donors (Lipinski definition) is 0. The highest BCUT2D eigenvalue weighted by atomic mass is 14.3. The second kappa shape index (κ2) is 4.72. The van der Waals surface area contributed by atoms with E-state index in [4.69, 9.17) is 0 Å². The average Bonchev–Trinajstić information content (AvgIpc) is 2.50. The summed E-state index contributed by atoms with van der Waals surface area (Å²) in [6.45, 7) is 13.9. The van der Waals surface area contributed by atoms with Gasteiger partial charge in [-0.15, -0.1) is 0 Å². The Morgan fingerprint density at radius 2 is 1.00 bits per heavy atom. The van der Waals surface area contributed by atoms with E-state index >= 15 is 0 Å². The van der Waals surface area contributed by atoms with Crippen LogP contribution in [0.2, 0.25) is 0 Å². The third kappa shape index (κ3) is 2.13. The van der Waals surface area contributed by atoms with Gasteiger partial charge in [0.2, 0.25) is 0 Å². The highest BCUT2D eigenvalue weighted by Crippen LogP contribution is 2.43. The van der Waals surface area contributed by atoms with Crippen LogP contribution in [0.4, 0.5) is 0 Å². The summed E-state index contributed by atoms with van der Waals surface area (Å²) in [4.78, 5) is 0. The minimum atomic E-state index is 0.127. The summed E-state index contributed by atoms with van der Waals surface area (Å²) < 4.78 is 0. The van der Waals surface area contributed by atoms with Gasteiger partial charge in [-0.3, -0.25) is 0 Å². The van der Waals surface area contributed by atoms with Crippen molar-refractivity contribution in [2.24, 2.45) is 0 Å². The van der Waals surface area contributed by atoms with Crippen LogP contribution in [-0.4, -0.2) is 0 Å². The second-order valence-electron chi connectivity index (χ2n) is 9.15. The van der Waals surface area contributed by atoms with Gasteiger partial charge in [0, 0.05) is 0 Å². The second-order valence-corrected chi connectivity index (χ2v) is 9.15. The van der Waals surface area contributed by atoms with Gasteiger partial charge in [-0.25, -0.2) is 0 Å². The van der Waals surface area contributed by atoms with Crippen molar-refractivity contribution in [1.29, 1.82) is 0 Å². The van der Waals surface area contributed by atoms with E-state index in [0.717, 1.165) is 0 Å². The third-order valence-corrected chi connectivity index (χ3v) is 5.26. The molecule has 4 aromatic carbocycles. The molecule has 0 bridgehead atoms. The van der Waals surface area contributed by atoms with Crippen LogP contribution in [0.15, 0.2) is 48.5 Å². The van der Waals surface area contributed by atoms with Crippen molar-refractivity contribution in [3.05, 3.63) is 59.7 Å². The van der Waals surface area contributed by atoms with Crippen molar-refractivity contribution in [2.45, 2.75) is 52.4 Å². The van der Waals surface area contributed by atoms with E-state index in [-0.39, 0.29) is 10.8 Å². The first-order valence-corrected chi connectivity index (χ1v) is 8.89. The molecule has 0 saturated carbocycles. The molecule has 0 unspecified atom stereocenters. The Bertz CT molecular complexity index is 974. The van der Waals surface area contributed by atoms with Gasteiger partial charge in [0.25, 0.3) is 0 Å². The van der Waals surface area contributed by atoms with Crippen LogP contribution < -0.4 is 0 Å². The topological polar surface area (TPSA) is 0 Å². The van der Waals surface area contributed by atoms with Crippen molar-refractivity contribution in [2.75, 3.05) is 0 Å². The molecule has 0 aliphatic carbocycles. The molecule has 0 heteroatoms. The highest BCUT2D eigenvalue weighted by Gasteiger charge is 2.25. The maximum atomic E-state index is 2.46. The molecule has 4 rings (SSSR count). The Labute approximate surface area is 144 Å². The number of hydrogen-bond acceptors (Lipinski definition) is 0. The van der Waals surface area contributed by atoms with Crippen molar-refractivity contribution < 1.29 is 0 Å². The Kier molecular flexibility index (Phi) is 3.04. The summed E-state index contributed by atoms with van der Waals surface area (Å²) in [5, 5.41) is 8.38. The quantitative estimate of drug-likeness (QED) is 0.301. The van der Waals surface area contributed by atoms with E-state index in [2.05, 4.69) is 90.1 Å². The molecule has 0 amide bonds. The lowest BCUT2D eigenvalue weighted by molar-refractivity contribution is 0.576. The molecule has 0 radical (unpaired) electrons. The molecule has 24 heavy (non-hydrogen) atoms. The van der Waals surface area contributed by atoms with Gasteiger partial charge in [-0.05, 0) is 54.3 Å². The molecule has 0 N–H and O–H groups in total. The summed E-state index contributed by atoms with van der Waals surface area (Å²) in [6.07, 6.45) is 0. The molecular formula is C24H26. The molecule has 0 aliphatic rings. The molecule has 0 saturated heterocycles. The molecular weight excluding hydrogens is 288 g/mol. The largest absolute Gasteiger partial charge is 0.0610 e. The maximum Gasteiger partial charge on any atom is -0.00208 e. The number of rotatable bonds is 0. The Morgan fingerprint density at radius 1 is 0.542 bits per heavy atom. The molecule has 122 valence electrons. The Morgan fingerprint density at radius 3 is 1.42 bits per heavy atom. The van der Waals surface area contributed by atoms with E-state index in [9.17, 15) is 0 Å². The zero-order valence-electron chi connectivity index (χ0n) is 15.6. The molecule has 0 heterocycles. The van der Waals surface area contributed by atoms with Crippen molar-refractivity contribution in [3.63, 3.8) is 0 Å². The van der Waals surface area contributed by atoms with Crippen LogP contribution in [0.5, 0.6) is 0 Å². The van der Waals surface area contributed by atoms with E-state index in [1.54, 1.807) is 0 Å². The van der Waals surface area contributed by atoms with Gasteiger partial charge in [0.05, 0.1) is 0 Å². The summed E-state index contributed by atoms with van der Waals surface area (Å²) in [5.41, 5.74) is 3.17. The van der Waals surface area contributed by atoms with Crippen molar-refractivity contribution in [1.82, 2.24) is 0 Å². The minimum absolute atomic E-state index is 0.127. The lowest BCUT2D eigenvalue weighted by Crippen LogP contribution is -2.17. The molecule has 0 nitrogen and oxygen atoms in total. The molecule has 0 aliphatic heterocycles. The van der Waals surface area contributed by atoms with Crippen LogP contribution in [0, 0.1) is 0 Å². The first-order valence-electron chi connectivity index (χ1n) is 8.89. The standard InChI is InChI=1S/C24H26/c1-23(2,3)19-14-20(24(4,5)6)18-13-11-16-9-7-8-15-10-12-17(19)22(18)21(15)16/h7-14H,1-6H3. The summed E-state index contributed by atoms with van der Waals surface area (Å²) in [6, 6.07) is 18.3. The van der Waals surface area contributed by atoms with Gasteiger partial charge in [0.15, 0.2) is 0 Å². The predicted molar refractivity (Wildman–Crippen MR) is 108 cm³/mol. The zero-order chi connectivity index (χ0) is 17.3. The first-order chi connectivity index (χ1) is 11.2. The fraction of sp³-hybridized carbons (Fsp3) is 0.333. The zero-order valence-corrected chi connectivity index (χ0v) is 15.6. The van der Waals surface area contributed by atoms with E-state index in [1.807, 2.05) is 0 Å². The van der Waals surface area contributed by atoms with Gasteiger partial charge in [-0.2, -0.15) is 0 Å². The summed E-state index contributed by atoms with van der Waals surface area (Å²) in [7, 11) is 0. The van der Waals surface area contributed by atoms with Crippen LogP contribution >= 0.6 is 0 Å². The minimum Gasteiger partial charge on any atom is -0.0610 e. The molecule has 4 aromatic rings. The van der Waals surface area contributed by atoms with Gasteiger partial charge >= 0.3 is 0 Å². The highest BCUT2D eigenvalue weighted by molar-refractivity contribution is 6.24. The van der Waals surface area contributed by atoms with Crippen LogP contribution in [0.3, 0.4) is 0 Å². The van der Waals surface area contributed by atoms with Gasteiger partial charge in [0.1, 0.15) is 0 Å². The smallest absolute Gasteiger partial charge is 0.00208 e. The lowest BCUT2D eigenvalue weighted by Gasteiger charge is -2.29. The average molecular weight is 314 g/mol. The van der Waals surface area contributed by atoms with Crippen LogP contribution in [0.25, 0.3) is 32.3 Å². The summed E-state index contributed by atoms with van der Waals surface area (Å²) >= 11 is 0. The van der Waals surface area contributed by atoms with Gasteiger partial charge < -0.3 is 0 Å². The SMILES string of the molecule is CC(C)(C)c1cc(C(C)(C)C)c2ccc3cccc4ccc1c2c43. The van der Waals surface area contributed by atoms with Gasteiger partial charge in [-0.1, -0.05) is 90.1 Å². The normalized spacial score (nSPS) is 13.4. The molecule has 0 spiro atoms. The Balaban J connectivity index is 2.34. The summed E-state index contributed by atoms with van der Waals surface area (Å²) in [5.74, 6) is 0. The third-order valence-electron chi connectivity index (χ3n) is 5.26. The number of benzene rings is 4. The monoisotopic (exact) mass is 314 g/mol. The van der Waals surface area contributed by atoms with Crippen molar-refractivity contribution >= 4 is 32.3 Å². The molecule has 0 fully saturated rings. The van der Waals surface area contributed by atoms with E-state index in [0.29, 0.717) is 0 Å². The predicted octanol–water partition coefficient (Wildman–Crippen LogP) is 7.18. The Hall–Kier alpha value is -2.08. The van der Waals surface area contributed by atoms with Crippen LogP contribution in [-0.2, 0) is 10.8 Å². The molecule has 0 atom stereocenters.